The van der Waals surface area contributed by atoms with Crippen molar-refractivity contribution in [2.45, 2.75) is 24.7 Å². The number of anilines is 1. The molecule has 2 bridgehead atoms. The van der Waals surface area contributed by atoms with Crippen LogP contribution in [-0.4, -0.2) is 24.7 Å². The van der Waals surface area contributed by atoms with E-state index in [1.807, 2.05) is 61.5 Å². The molecule has 2 atom stereocenters. The summed E-state index contributed by atoms with van der Waals surface area (Å²) in [5, 5.41) is 0. The van der Waals surface area contributed by atoms with E-state index < -0.39 is 17.3 Å². The lowest BCUT2D eigenvalue weighted by Gasteiger charge is -2.51. The van der Waals surface area contributed by atoms with E-state index in [-0.39, 0.29) is 17.7 Å². The van der Waals surface area contributed by atoms with Crippen LogP contribution in [0.4, 0.5) is 5.69 Å². The molecule has 5 nitrogen and oxygen atoms in total. The Kier molecular flexibility index (Phi) is 4.31. The number of para-hydroxylation sites is 2. The van der Waals surface area contributed by atoms with Crippen LogP contribution in [0.1, 0.15) is 41.5 Å². The minimum absolute atomic E-state index is 0.266. The Morgan fingerprint density at radius 1 is 0.879 bits per heavy atom. The fraction of sp³-hybridized carbons (Fsp3) is 0.250. The number of carbonyl (C=O) groups is 3. The van der Waals surface area contributed by atoms with E-state index in [1.165, 1.54) is 4.90 Å². The van der Waals surface area contributed by atoms with Crippen molar-refractivity contribution in [1.82, 2.24) is 0 Å². The quantitative estimate of drug-likeness (QED) is 0.443. The zero-order valence-electron chi connectivity index (χ0n) is 18.2. The fourth-order valence-electron chi connectivity index (χ4n) is 6.24. The van der Waals surface area contributed by atoms with Crippen LogP contribution in [0.15, 0.2) is 72.8 Å². The molecule has 3 aliphatic carbocycles. The van der Waals surface area contributed by atoms with Gasteiger partial charge in [-0.15, -0.1) is 0 Å². The van der Waals surface area contributed by atoms with Crippen molar-refractivity contribution in [3.8, 4) is 5.75 Å². The van der Waals surface area contributed by atoms with Gasteiger partial charge in [-0.1, -0.05) is 67.6 Å². The van der Waals surface area contributed by atoms with E-state index in [2.05, 4.69) is 0 Å². The molecule has 3 aromatic rings. The Balaban J connectivity index is 1.58. The van der Waals surface area contributed by atoms with Crippen molar-refractivity contribution in [1.29, 1.82) is 0 Å². The van der Waals surface area contributed by atoms with Gasteiger partial charge in [-0.2, -0.15) is 0 Å². The highest BCUT2D eigenvalue weighted by Gasteiger charge is 2.68. The average molecular weight is 437 g/mol. The summed E-state index contributed by atoms with van der Waals surface area (Å²) in [7, 11) is 0. The van der Waals surface area contributed by atoms with Crippen molar-refractivity contribution < 1.29 is 19.1 Å². The van der Waals surface area contributed by atoms with Crippen molar-refractivity contribution >= 4 is 23.8 Å². The van der Waals surface area contributed by atoms with E-state index in [4.69, 9.17) is 4.74 Å². The SMILES string of the molecule is CCCOc1ccccc1N1C(=O)[C@@H]2C3c4ccccc4C(C=O)(c4ccccc43)[C@@H]2C1=O. The molecule has 164 valence electrons. The van der Waals surface area contributed by atoms with Crippen molar-refractivity contribution in [2.75, 3.05) is 11.5 Å². The summed E-state index contributed by atoms with van der Waals surface area (Å²) in [6.07, 6.45) is 1.70. The molecule has 0 unspecified atom stereocenters. The lowest BCUT2D eigenvalue weighted by atomic mass is 9.48. The number of hydrogen-bond acceptors (Lipinski definition) is 4. The highest BCUT2D eigenvalue weighted by atomic mass is 16.5. The molecular formula is C28H23NO4. The summed E-state index contributed by atoms with van der Waals surface area (Å²) in [4.78, 5) is 42.3. The molecule has 0 aromatic heterocycles. The Morgan fingerprint density at radius 2 is 1.48 bits per heavy atom. The summed E-state index contributed by atoms with van der Waals surface area (Å²) in [5.74, 6) is -1.78. The van der Waals surface area contributed by atoms with Gasteiger partial charge in [0.15, 0.2) is 0 Å². The first-order valence-corrected chi connectivity index (χ1v) is 11.4. The van der Waals surface area contributed by atoms with E-state index in [0.717, 1.165) is 35.0 Å². The molecule has 2 amide bonds. The highest BCUT2D eigenvalue weighted by molar-refractivity contribution is 6.25. The first-order valence-electron chi connectivity index (χ1n) is 11.4. The lowest BCUT2D eigenvalue weighted by molar-refractivity contribution is -0.128. The predicted molar refractivity (Wildman–Crippen MR) is 123 cm³/mol. The van der Waals surface area contributed by atoms with Crippen molar-refractivity contribution in [2.24, 2.45) is 11.8 Å². The molecule has 0 saturated carbocycles. The molecule has 1 saturated heterocycles. The van der Waals surface area contributed by atoms with Crippen molar-refractivity contribution in [3.63, 3.8) is 0 Å². The molecule has 0 spiro atoms. The van der Waals surface area contributed by atoms with Crippen LogP contribution in [0, 0.1) is 11.8 Å². The molecule has 4 aliphatic rings. The Labute approximate surface area is 192 Å². The van der Waals surface area contributed by atoms with E-state index in [1.54, 1.807) is 18.2 Å². The van der Waals surface area contributed by atoms with Crippen LogP contribution in [-0.2, 0) is 19.8 Å². The summed E-state index contributed by atoms with van der Waals surface area (Å²) in [6.45, 7) is 2.49. The van der Waals surface area contributed by atoms with Crippen LogP contribution >= 0.6 is 0 Å². The number of carbonyl (C=O) groups excluding carboxylic acids is 3. The third-order valence-electron chi connectivity index (χ3n) is 7.44. The lowest BCUT2D eigenvalue weighted by Crippen LogP contribution is -2.54. The Bertz CT molecular complexity index is 1270. The summed E-state index contributed by atoms with van der Waals surface area (Å²) < 4.78 is 5.88. The predicted octanol–water partition coefficient (Wildman–Crippen LogP) is 4.23. The van der Waals surface area contributed by atoms with Crippen molar-refractivity contribution in [3.05, 3.63) is 95.1 Å². The smallest absolute Gasteiger partial charge is 0.239 e. The second-order valence-electron chi connectivity index (χ2n) is 8.97. The first-order chi connectivity index (χ1) is 16.1. The third kappa shape index (κ3) is 2.39. The van der Waals surface area contributed by atoms with Crippen LogP contribution in [0.2, 0.25) is 0 Å². The van der Waals surface area contributed by atoms with Gasteiger partial charge in [-0.05, 0) is 40.8 Å². The molecule has 0 radical (unpaired) electrons. The minimum Gasteiger partial charge on any atom is -0.491 e. The maximum absolute atomic E-state index is 14.0. The number of benzene rings is 3. The highest BCUT2D eigenvalue weighted by Crippen LogP contribution is 2.63. The normalized spacial score (nSPS) is 26.6. The fourth-order valence-corrected chi connectivity index (χ4v) is 6.24. The molecule has 1 fully saturated rings. The number of imide groups is 1. The number of ether oxygens (including phenoxy) is 1. The summed E-state index contributed by atoms with van der Waals surface area (Å²) >= 11 is 0. The topological polar surface area (TPSA) is 63.7 Å². The maximum Gasteiger partial charge on any atom is 0.239 e. The number of nitrogens with zero attached hydrogens (tertiary/aromatic N) is 1. The average Bonchev–Trinajstić information content (AvgIpc) is 3.13. The monoisotopic (exact) mass is 437 g/mol. The van der Waals surface area contributed by atoms with E-state index >= 15 is 0 Å². The molecule has 7 rings (SSSR count). The number of hydrogen-bond donors (Lipinski definition) is 0. The third-order valence-corrected chi connectivity index (χ3v) is 7.44. The van der Waals surface area contributed by atoms with E-state index in [0.29, 0.717) is 18.0 Å². The van der Waals surface area contributed by atoms with E-state index in [9.17, 15) is 14.4 Å². The zero-order chi connectivity index (χ0) is 22.7. The van der Waals surface area contributed by atoms with Crippen LogP contribution in [0.5, 0.6) is 5.75 Å². The van der Waals surface area contributed by atoms with Gasteiger partial charge in [0.1, 0.15) is 12.0 Å². The standard InChI is InChI=1S/C28H23NO4/c1-2-15-33-22-14-8-7-13-21(22)29-26(31)24-23-17-9-3-5-11-19(17)28(16-30,25(24)27(29)32)20-12-6-4-10-18(20)23/h3-14,16,23-25H,2,15H2,1H3/t23?,24-,25+,28?/m1/s1. The van der Waals surface area contributed by atoms with Crippen LogP contribution < -0.4 is 9.64 Å². The number of rotatable bonds is 5. The van der Waals surface area contributed by atoms with Gasteiger partial charge in [0.05, 0.1) is 29.5 Å². The molecule has 1 aliphatic heterocycles. The second-order valence-corrected chi connectivity index (χ2v) is 8.97. The van der Waals surface area contributed by atoms with Gasteiger partial charge in [0.2, 0.25) is 11.8 Å². The molecule has 33 heavy (non-hydrogen) atoms. The molecule has 1 heterocycles. The second kappa shape index (κ2) is 7.14. The molecule has 3 aromatic carbocycles. The van der Waals surface area contributed by atoms with Gasteiger partial charge < -0.3 is 9.53 Å². The van der Waals surface area contributed by atoms with Gasteiger partial charge >= 0.3 is 0 Å². The largest absolute Gasteiger partial charge is 0.491 e. The maximum atomic E-state index is 14.0. The number of amides is 2. The van der Waals surface area contributed by atoms with Crippen LogP contribution in [0.3, 0.4) is 0 Å². The summed E-state index contributed by atoms with van der Waals surface area (Å²) in [6, 6.07) is 22.7. The Hall–Kier alpha value is -3.73. The number of aldehydes is 1. The molecular weight excluding hydrogens is 414 g/mol. The van der Waals surface area contributed by atoms with Gasteiger partial charge in [0.25, 0.3) is 0 Å². The first kappa shape index (κ1) is 19.9. The molecule has 0 N–H and O–H groups in total. The van der Waals surface area contributed by atoms with Gasteiger partial charge in [-0.3, -0.25) is 9.59 Å². The summed E-state index contributed by atoms with van der Waals surface area (Å²) in [5.41, 5.74) is 2.86. The zero-order valence-corrected chi connectivity index (χ0v) is 18.2. The molecule has 5 heteroatoms. The van der Waals surface area contributed by atoms with Crippen LogP contribution in [0.25, 0.3) is 0 Å². The minimum atomic E-state index is -1.19. The van der Waals surface area contributed by atoms with Gasteiger partial charge in [-0.25, -0.2) is 4.90 Å². The Morgan fingerprint density at radius 3 is 2.12 bits per heavy atom. The van der Waals surface area contributed by atoms with Gasteiger partial charge in [0, 0.05) is 5.92 Å².